The lowest BCUT2D eigenvalue weighted by atomic mass is 9.92. The zero-order chi connectivity index (χ0) is 34.3. The van der Waals surface area contributed by atoms with Crippen LogP contribution in [0.3, 0.4) is 0 Å². The van der Waals surface area contributed by atoms with E-state index in [9.17, 15) is 0 Å². The van der Waals surface area contributed by atoms with Crippen LogP contribution in [-0.2, 0) is 6.42 Å². The van der Waals surface area contributed by atoms with Crippen LogP contribution in [-0.4, -0.2) is 14.8 Å². The fraction of sp³-hybridized carbons (Fsp3) is 0.104. The van der Waals surface area contributed by atoms with Gasteiger partial charge in [0.15, 0.2) is 0 Å². The fourth-order valence-corrected chi connectivity index (χ4v) is 10.1. The first-order valence-electron chi connectivity index (χ1n) is 18.3. The second kappa shape index (κ2) is 11.5. The van der Waals surface area contributed by atoms with Gasteiger partial charge in [0.1, 0.15) is 0 Å². The molecule has 1 aliphatic heterocycles. The Balaban J connectivity index is 1.24. The van der Waals surface area contributed by atoms with E-state index in [4.69, 9.17) is 4.99 Å². The quantitative estimate of drug-likeness (QED) is 0.176. The minimum absolute atomic E-state index is 0.901. The Morgan fingerprint density at radius 1 is 0.538 bits per heavy atom. The van der Waals surface area contributed by atoms with Gasteiger partial charge < -0.3 is 9.13 Å². The van der Waals surface area contributed by atoms with Crippen molar-refractivity contribution in [3.63, 3.8) is 0 Å². The molecule has 52 heavy (non-hydrogen) atoms. The molecule has 4 heterocycles. The third-order valence-electron chi connectivity index (χ3n) is 11.1. The van der Waals surface area contributed by atoms with Gasteiger partial charge in [-0.2, -0.15) is 0 Å². The van der Waals surface area contributed by atoms with Crippen molar-refractivity contribution < 1.29 is 0 Å². The first kappa shape index (κ1) is 29.7. The molecule has 0 N–H and O–H groups in total. The second-order valence-corrected chi connectivity index (χ2v) is 15.3. The van der Waals surface area contributed by atoms with Crippen LogP contribution in [0.4, 0.5) is 0 Å². The van der Waals surface area contributed by atoms with Gasteiger partial charge in [-0.15, -0.1) is 11.3 Å². The standard InChI is InChI=1S/C48H35N3S/c1-30-27-40-41(49-30)21-12-20-38-46(40)48(32-25-26-45-39(29-32)37-19-7-10-24-44(37)52-45)51(33-14-3-2-4-15-33)47(38)31-13-11-16-34(28-31)50-42-22-8-5-17-35(42)36-18-6-9-23-43(36)50/h2-11,13-19,22-26,28-29H,12,20-21,27H2,1H3. The van der Waals surface area contributed by atoms with E-state index in [1.807, 2.05) is 11.3 Å². The number of hydrogen-bond acceptors (Lipinski definition) is 2. The first-order chi connectivity index (χ1) is 25.7. The molecule has 11 rings (SSSR count). The van der Waals surface area contributed by atoms with E-state index < -0.39 is 0 Å². The summed E-state index contributed by atoms with van der Waals surface area (Å²) in [5.74, 6) is 0. The van der Waals surface area contributed by atoms with Crippen LogP contribution < -0.4 is 0 Å². The third kappa shape index (κ3) is 4.41. The predicted octanol–water partition coefficient (Wildman–Crippen LogP) is 13.2. The molecule has 0 saturated heterocycles. The molecule has 9 aromatic rings. The Kier molecular flexibility index (Phi) is 6.59. The molecule has 0 spiro atoms. The number of rotatable bonds is 4. The molecule has 0 saturated carbocycles. The molecule has 0 amide bonds. The van der Waals surface area contributed by atoms with Gasteiger partial charge in [0.05, 0.1) is 22.4 Å². The Morgan fingerprint density at radius 2 is 1.21 bits per heavy atom. The summed E-state index contributed by atoms with van der Waals surface area (Å²) < 4.78 is 7.68. The molecular formula is C48H35N3S. The summed E-state index contributed by atoms with van der Waals surface area (Å²) in [5, 5.41) is 5.20. The van der Waals surface area contributed by atoms with E-state index in [0.29, 0.717) is 0 Å². The van der Waals surface area contributed by atoms with Gasteiger partial charge in [-0.3, -0.25) is 4.99 Å². The minimum atomic E-state index is 0.901. The first-order valence-corrected chi connectivity index (χ1v) is 19.1. The Labute approximate surface area is 306 Å². The molecular weight excluding hydrogens is 651 g/mol. The molecule has 4 heteroatoms. The lowest BCUT2D eigenvalue weighted by Crippen LogP contribution is -2.02. The predicted molar refractivity (Wildman–Crippen MR) is 221 cm³/mol. The molecule has 1 aliphatic carbocycles. The molecule has 2 aliphatic rings. The molecule has 0 atom stereocenters. The lowest BCUT2D eigenvalue weighted by molar-refractivity contribution is 0.817. The molecule has 3 aromatic heterocycles. The highest BCUT2D eigenvalue weighted by atomic mass is 32.1. The van der Waals surface area contributed by atoms with E-state index in [1.54, 1.807) is 0 Å². The topological polar surface area (TPSA) is 22.2 Å². The van der Waals surface area contributed by atoms with Gasteiger partial charge in [-0.05, 0) is 97.5 Å². The maximum atomic E-state index is 5.16. The molecule has 0 bridgehead atoms. The number of benzene rings is 6. The van der Waals surface area contributed by atoms with Crippen LogP contribution >= 0.6 is 11.3 Å². The smallest absolute Gasteiger partial charge is 0.0614 e. The zero-order valence-electron chi connectivity index (χ0n) is 28.9. The van der Waals surface area contributed by atoms with Gasteiger partial charge >= 0.3 is 0 Å². The highest BCUT2D eigenvalue weighted by Crippen LogP contribution is 2.50. The summed E-state index contributed by atoms with van der Waals surface area (Å²) in [4.78, 5) is 5.16. The summed E-state index contributed by atoms with van der Waals surface area (Å²) in [7, 11) is 0. The van der Waals surface area contributed by atoms with E-state index >= 15 is 0 Å². The van der Waals surface area contributed by atoms with E-state index in [0.717, 1.165) is 25.7 Å². The van der Waals surface area contributed by atoms with Crippen molar-refractivity contribution in [3.05, 3.63) is 162 Å². The van der Waals surface area contributed by atoms with E-state index in [1.165, 1.54) is 104 Å². The lowest BCUT2D eigenvalue weighted by Gasteiger charge is -2.17. The van der Waals surface area contributed by atoms with Crippen molar-refractivity contribution in [2.75, 3.05) is 0 Å². The molecule has 0 radical (unpaired) electrons. The van der Waals surface area contributed by atoms with Crippen molar-refractivity contribution in [2.45, 2.75) is 32.6 Å². The number of hydrogen-bond donors (Lipinski definition) is 0. The van der Waals surface area contributed by atoms with Crippen molar-refractivity contribution >= 4 is 64.6 Å². The molecule has 6 aromatic carbocycles. The third-order valence-corrected chi connectivity index (χ3v) is 12.3. The van der Waals surface area contributed by atoms with E-state index in [-0.39, 0.29) is 0 Å². The van der Waals surface area contributed by atoms with Crippen LogP contribution in [0.5, 0.6) is 0 Å². The van der Waals surface area contributed by atoms with Gasteiger partial charge in [0.25, 0.3) is 0 Å². The summed E-state index contributed by atoms with van der Waals surface area (Å²) in [5.41, 5.74) is 16.5. The van der Waals surface area contributed by atoms with Crippen LogP contribution in [0.15, 0.2) is 156 Å². The van der Waals surface area contributed by atoms with Crippen molar-refractivity contribution in [1.82, 2.24) is 9.13 Å². The molecule has 0 unspecified atom stereocenters. The molecule has 248 valence electrons. The Morgan fingerprint density at radius 3 is 2.02 bits per heavy atom. The number of aliphatic imine (C=N–C) groups is 1. The second-order valence-electron chi connectivity index (χ2n) is 14.3. The number of allylic oxidation sites excluding steroid dienone is 2. The van der Waals surface area contributed by atoms with Gasteiger partial charge in [0.2, 0.25) is 0 Å². The number of para-hydroxylation sites is 3. The normalized spacial score (nSPS) is 14.4. The number of fused-ring (bicyclic) bond motifs is 8. The van der Waals surface area contributed by atoms with Crippen LogP contribution in [0.2, 0.25) is 0 Å². The monoisotopic (exact) mass is 685 g/mol. The van der Waals surface area contributed by atoms with Crippen LogP contribution in [0.1, 0.15) is 37.3 Å². The minimum Gasteiger partial charge on any atom is -0.309 e. The zero-order valence-corrected chi connectivity index (χ0v) is 29.8. The van der Waals surface area contributed by atoms with Gasteiger partial charge in [-0.25, -0.2) is 0 Å². The average Bonchev–Trinajstić information content (AvgIpc) is 3.91. The molecule has 0 fully saturated rings. The van der Waals surface area contributed by atoms with Crippen LogP contribution in [0, 0.1) is 0 Å². The summed E-state index contributed by atoms with van der Waals surface area (Å²) in [6, 6.07) is 53.8. The Bertz CT molecular complexity index is 2910. The van der Waals surface area contributed by atoms with Crippen LogP contribution in [0.25, 0.3) is 81.4 Å². The van der Waals surface area contributed by atoms with Crippen molar-refractivity contribution in [1.29, 1.82) is 0 Å². The van der Waals surface area contributed by atoms with Crippen molar-refractivity contribution in [2.24, 2.45) is 4.99 Å². The number of thiophene rings is 1. The number of nitrogens with zero attached hydrogens (tertiary/aromatic N) is 3. The summed E-state index contributed by atoms with van der Waals surface area (Å²) in [6.07, 6.45) is 4.00. The maximum absolute atomic E-state index is 5.16. The summed E-state index contributed by atoms with van der Waals surface area (Å²) in [6.45, 7) is 2.20. The summed E-state index contributed by atoms with van der Waals surface area (Å²) >= 11 is 1.88. The van der Waals surface area contributed by atoms with Gasteiger partial charge in [-0.1, -0.05) is 91.0 Å². The molecule has 3 nitrogen and oxygen atoms in total. The SMILES string of the molecule is CC1=NC2=C(C1)c1c(c(-c3cccc(-n4c5ccccc5c5ccccc54)c3)n(-c3ccccc3)c1-c1ccc3sc4ccccc4c3c1)CCC2. The Hall–Kier alpha value is -5.97. The van der Waals surface area contributed by atoms with E-state index in [2.05, 4.69) is 162 Å². The largest absolute Gasteiger partial charge is 0.309 e. The van der Waals surface area contributed by atoms with Crippen molar-refractivity contribution in [3.8, 4) is 33.9 Å². The average molecular weight is 686 g/mol. The fourth-order valence-electron chi connectivity index (χ4n) is 9.03. The maximum Gasteiger partial charge on any atom is 0.0614 e. The number of aromatic nitrogens is 2. The highest BCUT2D eigenvalue weighted by molar-refractivity contribution is 7.25. The van der Waals surface area contributed by atoms with Gasteiger partial charge in [0, 0.05) is 71.3 Å². The highest BCUT2D eigenvalue weighted by Gasteiger charge is 2.33.